The Bertz CT molecular complexity index is 329. The normalized spacial score (nSPS) is 25.7. The molecule has 1 fully saturated rings. The van der Waals surface area contributed by atoms with E-state index in [0.717, 1.165) is 17.3 Å². The fraction of sp³-hybridized carbons (Fsp3) is 0.500. The fourth-order valence-electron chi connectivity index (χ4n) is 1.99. The summed E-state index contributed by atoms with van der Waals surface area (Å²) in [5, 5.41) is 0. The van der Waals surface area contributed by atoms with Crippen molar-refractivity contribution in [2.75, 3.05) is 0 Å². The lowest BCUT2D eigenvalue weighted by molar-refractivity contribution is 0.0357. The van der Waals surface area contributed by atoms with Gasteiger partial charge in [0.15, 0.2) is 0 Å². The second-order valence-electron chi connectivity index (χ2n) is 4.07. The molecule has 2 rings (SSSR count). The van der Waals surface area contributed by atoms with Crippen molar-refractivity contribution in [1.82, 2.24) is 0 Å². The fourth-order valence-corrected chi connectivity index (χ4v) is 2.44. The third-order valence-corrected chi connectivity index (χ3v) is 3.35. The lowest BCUT2D eigenvalue weighted by Gasteiger charge is -2.16. The first kappa shape index (κ1) is 11.1. The Balaban J connectivity index is 1.87. The average Bonchev–Trinajstić information content (AvgIpc) is 2.61. The topological polar surface area (TPSA) is 35.2 Å². The zero-order valence-corrected chi connectivity index (χ0v) is 10.2. The molecule has 0 heterocycles. The van der Waals surface area contributed by atoms with Crippen LogP contribution in [0.1, 0.15) is 24.8 Å². The summed E-state index contributed by atoms with van der Waals surface area (Å²) in [6.07, 6.45) is 3.66. The zero-order chi connectivity index (χ0) is 10.7. The van der Waals surface area contributed by atoms with E-state index in [1.54, 1.807) is 0 Å². The van der Waals surface area contributed by atoms with Gasteiger partial charge in [0.2, 0.25) is 0 Å². The van der Waals surface area contributed by atoms with Crippen LogP contribution in [0.25, 0.3) is 0 Å². The molecule has 2 atom stereocenters. The molecule has 1 aliphatic rings. The lowest BCUT2D eigenvalue weighted by Crippen LogP contribution is -2.31. The SMILES string of the molecule is NC1CCCC1OCc1cccc(Br)c1. The van der Waals surface area contributed by atoms with Gasteiger partial charge in [-0.2, -0.15) is 0 Å². The molecule has 0 bridgehead atoms. The summed E-state index contributed by atoms with van der Waals surface area (Å²) in [4.78, 5) is 0. The van der Waals surface area contributed by atoms with Gasteiger partial charge in [-0.3, -0.25) is 0 Å². The number of rotatable bonds is 3. The number of halogens is 1. The molecule has 0 saturated heterocycles. The maximum Gasteiger partial charge on any atom is 0.0730 e. The van der Waals surface area contributed by atoms with Crippen LogP contribution in [0.5, 0.6) is 0 Å². The second kappa shape index (κ2) is 5.10. The van der Waals surface area contributed by atoms with Crippen molar-refractivity contribution in [3.8, 4) is 0 Å². The van der Waals surface area contributed by atoms with Gasteiger partial charge in [-0.05, 0) is 37.0 Å². The van der Waals surface area contributed by atoms with E-state index in [2.05, 4.69) is 28.1 Å². The van der Waals surface area contributed by atoms with E-state index in [9.17, 15) is 0 Å². The first-order valence-corrected chi connectivity index (χ1v) is 6.16. The number of hydrogen-bond acceptors (Lipinski definition) is 2. The van der Waals surface area contributed by atoms with Gasteiger partial charge in [-0.15, -0.1) is 0 Å². The highest BCUT2D eigenvalue weighted by molar-refractivity contribution is 9.10. The Kier molecular flexibility index (Phi) is 3.78. The zero-order valence-electron chi connectivity index (χ0n) is 8.66. The van der Waals surface area contributed by atoms with Crippen LogP contribution in [0.3, 0.4) is 0 Å². The Morgan fingerprint density at radius 3 is 2.93 bits per heavy atom. The Morgan fingerprint density at radius 2 is 2.27 bits per heavy atom. The van der Waals surface area contributed by atoms with Gasteiger partial charge in [0.1, 0.15) is 0 Å². The maximum absolute atomic E-state index is 5.94. The molecule has 1 aliphatic carbocycles. The van der Waals surface area contributed by atoms with Gasteiger partial charge in [-0.1, -0.05) is 28.1 Å². The van der Waals surface area contributed by atoms with Crippen molar-refractivity contribution in [3.05, 3.63) is 34.3 Å². The predicted molar refractivity (Wildman–Crippen MR) is 64.5 cm³/mol. The van der Waals surface area contributed by atoms with Crippen molar-refractivity contribution >= 4 is 15.9 Å². The lowest BCUT2D eigenvalue weighted by atomic mass is 10.2. The van der Waals surface area contributed by atoms with E-state index in [1.807, 2.05) is 12.1 Å². The molecule has 15 heavy (non-hydrogen) atoms. The highest BCUT2D eigenvalue weighted by atomic mass is 79.9. The summed E-state index contributed by atoms with van der Waals surface area (Å²) in [7, 11) is 0. The molecular weight excluding hydrogens is 254 g/mol. The predicted octanol–water partition coefficient (Wildman–Crippen LogP) is 2.85. The van der Waals surface area contributed by atoms with Gasteiger partial charge in [0.25, 0.3) is 0 Å². The second-order valence-corrected chi connectivity index (χ2v) is 4.99. The van der Waals surface area contributed by atoms with E-state index in [0.29, 0.717) is 6.61 Å². The molecule has 0 spiro atoms. The molecule has 2 unspecified atom stereocenters. The first-order valence-electron chi connectivity index (χ1n) is 5.37. The van der Waals surface area contributed by atoms with Gasteiger partial charge >= 0.3 is 0 Å². The van der Waals surface area contributed by atoms with E-state index in [-0.39, 0.29) is 12.1 Å². The molecule has 1 saturated carbocycles. The van der Waals surface area contributed by atoms with Gasteiger partial charge in [-0.25, -0.2) is 0 Å². The van der Waals surface area contributed by atoms with E-state index in [4.69, 9.17) is 10.5 Å². The third-order valence-electron chi connectivity index (χ3n) is 2.86. The standard InChI is InChI=1S/C12H16BrNO/c13-10-4-1-3-9(7-10)8-15-12-6-2-5-11(12)14/h1,3-4,7,11-12H,2,5-6,8,14H2. The van der Waals surface area contributed by atoms with Gasteiger partial charge in [0.05, 0.1) is 12.7 Å². The van der Waals surface area contributed by atoms with Crippen LogP contribution in [0.15, 0.2) is 28.7 Å². The summed E-state index contributed by atoms with van der Waals surface area (Å²) in [6, 6.07) is 8.44. The monoisotopic (exact) mass is 269 g/mol. The minimum absolute atomic E-state index is 0.233. The Labute approximate surface area is 98.9 Å². The highest BCUT2D eigenvalue weighted by Crippen LogP contribution is 2.22. The summed E-state index contributed by atoms with van der Waals surface area (Å²) >= 11 is 3.45. The van der Waals surface area contributed by atoms with Crippen LogP contribution < -0.4 is 5.73 Å². The maximum atomic E-state index is 5.94. The molecule has 0 aliphatic heterocycles. The van der Waals surface area contributed by atoms with Crippen LogP contribution in [0.2, 0.25) is 0 Å². The van der Waals surface area contributed by atoms with Gasteiger partial charge < -0.3 is 10.5 Å². The largest absolute Gasteiger partial charge is 0.372 e. The van der Waals surface area contributed by atoms with Gasteiger partial charge in [0, 0.05) is 10.5 Å². The minimum atomic E-state index is 0.233. The van der Waals surface area contributed by atoms with Crippen molar-refractivity contribution < 1.29 is 4.74 Å². The molecule has 0 radical (unpaired) electrons. The molecule has 82 valence electrons. The molecular formula is C12H16BrNO. The van der Waals surface area contributed by atoms with Crippen molar-refractivity contribution in [2.24, 2.45) is 5.73 Å². The number of hydrogen-bond donors (Lipinski definition) is 1. The minimum Gasteiger partial charge on any atom is -0.372 e. The smallest absolute Gasteiger partial charge is 0.0730 e. The van der Waals surface area contributed by atoms with Crippen LogP contribution >= 0.6 is 15.9 Å². The number of nitrogens with two attached hydrogens (primary N) is 1. The van der Waals surface area contributed by atoms with Crippen LogP contribution in [0, 0.1) is 0 Å². The summed E-state index contributed by atoms with van der Waals surface area (Å²) < 4.78 is 6.91. The Hall–Kier alpha value is -0.380. The third kappa shape index (κ3) is 3.03. The first-order chi connectivity index (χ1) is 7.25. The quantitative estimate of drug-likeness (QED) is 0.916. The van der Waals surface area contributed by atoms with E-state index < -0.39 is 0 Å². The van der Waals surface area contributed by atoms with Crippen molar-refractivity contribution in [1.29, 1.82) is 0 Å². The number of ether oxygens (including phenoxy) is 1. The molecule has 2 N–H and O–H groups in total. The molecule has 1 aromatic rings. The molecule has 0 aromatic heterocycles. The molecule has 1 aromatic carbocycles. The molecule has 0 amide bonds. The summed E-state index contributed by atoms with van der Waals surface area (Å²) in [5.41, 5.74) is 7.14. The van der Waals surface area contributed by atoms with Crippen LogP contribution in [-0.4, -0.2) is 12.1 Å². The molecule has 2 nitrogen and oxygen atoms in total. The van der Waals surface area contributed by atoms with E-state index in [1.165, 1.54) is 12.0 Å². The van der Waals surface area contributed by atoms with E-state index >= 15 is 0 Å². The number of benzene rings is 1. The Morgan fingerprint density at radius 1 is 1.40 bits per heavy atom. The molecule has 3 heteroatoms. The van der Waals surface area contributed by atoms with Crippen LogP contribution in [0.4, 0.5) is 0 Å². The summed E-state index contributed by atoms with van der Waals surface area (Å²) in [6.45, 7) is 0.664. The average molecular weight is 270 g/mol. The highest BCUT2D eigenvalue weighted by Gasteiger charge is 2.24. The van der Waals surface area contributed by atoms with Crippen LogP contribution in [-0.2, 0) is 11.3 Å². The van der Waals surface area contributed by atoms with Crippen molar-refractivity contribution in [2.45, 2.75) is 38.0 Å². The summed E-state index contributed by atoms with van der Waals surface area (Å²) in [5.74, 6) is 0. The van der Waals surface area contributed by atoms with Crippen molar-refractivity contribution in [3.63, 3.8) is 0 Å².